The van der Waals surface area contributed by atoms with Crippen molar-refractivity contribution in [1.29, 1.82) is 0 Å². The first-order valence-corrected chi connectivity index (χ1v) is 8.89. The minimum Gasteiger partial charge on any atom is -0.496 e. The smallest absolute Gasteiger partial charge is 0.236 e. The quantitative estimate of drug-likeness (QED) is 0.721. The number of para-hydroxylation sites is 1. The molecule has 2 heterocycles. The van der Waals surface area contributed by atoms with Crippen molar-refractivity contribution >= 4 is 17.2 Å². The second-order valence-corrected chi connectivity index (χ2v) is 6.65. The van der Waals surface area contributed by atoms with Gasteiger partial charge >= 0.3 is 0 Å². The number of hydrogen-bond donors (Lipinski definition) is 1. The maximum absolute atomic E-state index is 12.4. The van der Waals surface area contributed by atoms with Gasteiger partial charge in [-0.15, -0.1) is 11.3 Å². The van der Waals surface area contributed by atoms with E-state index in [0.29, 0.717) is 17.3 Å². The number of rotatable bonds is 6. The molecule has 0 aliphatic rings. The number of methoxy groups -OCH3 is 1. The van der Waals surface area contributed by atoms with Crippen molar-refractivity contribution in [1.82, 2.24) is 10.3 Å². The number of carbonyl (C=O) groups excluding carboxylic acids is 1. The molecule has 6 heteroatoms. The van der Waals surface area contributed by atoms with E-state index in [4.69, 9.17) is 9.15 Å². The van der Waals surface area contributed by atoms with Crippen LogP contribution in [0.1, 0.15) is 30.0 Å². The highest BCUT2D eigenvalue weighted by Crippen LogP contribution is 2.27. The number of nitrogens with one attached hydrogen (secondary N) is 1. The minimum absolute atomic E-state index is 0.104. The molecule has 0 saturated heterocycles. The lowest BCUT2D eigenvalue weighted by atomic mass is 10.1. The fraction of sp³-hybridized carbons (Fsp3) is 0.263. The second-order valence-electron chi connectivity index (χ2n) is 5.71. The van der Waals surface area contributed by atoms with E-state index in [-0.39, 0.29) is 18.4 Å². The number of aryl methyl sites for hydroxylation is 1. The van der Waals surface area contributed by atoms with E-state index in [1.165, 1.54) is 0 Å². The van der Waals surface area contributed by atoms with Gasteiger partial charge in [-0.25, -0.2) is 4.98 Å². The molecule has 0 aliphatic heterocycles. The third-order valence-corrected chi connectivity index (χ3v) is 4.79. The Morgan fingerprint density at radius 3 is 2.84 bits per heavy atom. The Balaban J connectivity index is 1.68. The zero-order valence-corrected chi connectivity index (χ0v) is 15.2. The van der Waals surface area contributed by atoms with E-state index in [2.05, 4.69) is 10.3 Å². The zero-order chi connectivity index (χ0) is 17.8. The van der Waals surface area contributed by atoms with Crippen molar-refractivity contribution in [2.24, 2.45) is 0 Å². The highest BCUT2D eigenvalue weighted by molar-refractivity contribution is 7.13. The molecule has 3 aromatic rings. The Morgan fingerprint density at radius 1 is 1.32 bits per heavy atom. The van der Waals surface area contributed by atoms with E-state index in [9.17, 15) is 4.79 Å². The Morgan fingerprint density at radius 2 is 2.12 bits per heavy atom. The maximum Gasteiger partial charge on any atom is 0.236 e. The van der Waals surface area contributed by atoms with Crippen molar-refractivity contribution in [3.8, 4) is 16.5 Å². The summed E-state index contributed by atoms with van der Waals surface area (Å²) in [7, 11) is 1.62. The third-order valence-electron chi connectivity index (χ3n) is 3.94. The van der Waals surface area contributed by atoms with Gasteiger partial charge in [0.05, 0.1) is 30.1 Å². The average molecular weight is 356 g/mol. The fourth-order valence-electron chi connectivity index (χ4n) is 2.64. The highest BCUT2D eigenvalue weighted by Gasteiger charge is 2.18. The summed E-state index contributed by atoms with van der Waals surface area (Å²) in [6.45, 7) is 3.76. The first-order valence-electron chi connectivity index (χ1n) is 8.01. The molecule has 5 nitrogen and oxygen atoms in total. The summed E-state index contributed by atoms with van der Waals surface area (Å²) in [6, 6.07) is 11.4. The van der Waals surface area contributed by atoms with Crippen LogP contribution in [0.3, 0.4) is 0 Å². The van der Waals surface area contributed by atoms with E-state index in [0.717, 1.165) is 16.2 Å². The topological polar surface area (TPSA) is 64.4 Å². The van der Waals surface area contributed by atoms with Gasteiger partial charge in [0, 0.05) is 5.56 Å². The van der Waals surface area contributed by atoms with Crippen molar-refractivity contribution in [3.63, 3.8) is 0 Å². The molecule has 130 valence electrons. The molecule has 1 aromatic carbocycles. The van der Waals surface area contributed by atoms with Crippen LogP contribution in [-0.4, -0.2) is 18.0 Å². The van der Waals surface area contributed by atoms with Gasteiger partial charge < -0.3 is 14.5 Å². The summed E-state index contributed by atoms with van der Waals surface area (Å²) in [5, 5.41) is 4.96. The number of amides is 1. The van der Waals surface area contributed by atoms with Gasteiger partial charge in [0.25, 0.3) is 0 Å². The molecule has 0 aliphatic carbocycles. The molecule has 0 bridgehead atoms. The Bertz CT molecular complexity index is 855. The van der Waals surface area contributed by atoms with Crippen LogP contribution >= 0.6 is 11.3 Å². The van der Waals surface area contributed by atoms with Gasteiger partial charge in [0.15, 0.2) is 0 Å². The highest BCUT2D eigenvalue weighted by atomic mass is 32.1. The van der Waals surface area contributed by atoms with Gasteiger partial charge in [-0.2, -0.15) is 0 Å². The summed E-state index contributed by atoms with van der Waals surface area (Å²) in [4.78, 5) is 17.8. The van der Waals surface area contributed by atoms with E-state index < -0.39 is 0 Å². The fourth-order valence-corrected chi connectivity index (χ4v) is 3.29. The zero-order valence-electron chi connectivity index (χ0n) is 14.4. The predicted octanol–water partition coefficient (Wildman–Crippen LogP) is 4.14. The van der Waals surface area contributed by atoms with Crippen molar-refractivity contribution in [2.75, 3.05) is 7.11 Å². The number of thiophene rings is 1. The number of aromatic nitrogens is 1. The van der Waals surface area contributed by atoms with Crippen LogP contribution in [0.25, 0.3) is 10.8 Å². The average Bonchev–Trinajstić information content (AvgIpc) is 3.25. The minimum atomic E-state index is -0.160. The molecule has 0 fully saturated rings. The van der Waals surface area contributed by atoms with Crippen molar-refractivity contribution in [2.45, 2.75) is 26.3 Å². The number of benzene rings is 1. The molecule has 0 saturated carbocycles. The number of hydrogen-bond acceptors (Lipinski definition) is 5. The molecule has 1 atom stereocenters. The molecule has 2 aromatic heterocycles. The van der Waals surface area contributed by atoms with Crippen LogP contribution in [0.5, 0.6) is 5.75 Å². The molecule has 1 unspecified atom stereocenters. The normalized spacial score (nSPS) is 12.0. The lowest BCUT2D eigenvalue weighted by Crippen LogP contribution is -2.28. The third kappa shape index (κ3) is 3.91. The molecule has 1 N–H and O–H groups in total. The maximum atomic E-state index is 12.4. The Hall–Kier alpha value is -2.60. The number of ether oxygens (including phenoxy) is 1. The summed E-state index contributed by atoms with van der Waals surface area (Å²) >= 11 is 1.56. The van der Waals surface area contributed by atoms with Crippen LogP contribution in [-0.2, 0) is 11.2 Å². The van der Waals surface area contributed by atoms with Crippen LogP contribution in [0.2, 0.25) is 0 Å². The first kappa shape index (κ1) is 17.2. The Labute approximate surface area is 150 Å². The molecular formula is C19H20N2O3S. The van der Waals surface area contributed by atoms with Crippen LogP contribution in [0.4, 0.5) is 0 Å². The summed E-state index contributed by atoms with van der Waals surface area (Å²) < 4.78 is 11.0. The first-order chi connectivity index (χ1) is 12.1. The summed E-state index contributed by atoms with van der Waals surface area (Å²) in [6.07, 6.45) is 0.181. The van der Waals surface area contributed by atoms with E-state index >= 15 is 0 Å². The van der Waals surface area contributed by atoms with E-state index in [1.807, 2.05) is 55.6 Å². The van der Waals surface area contributed by atoms with Gasteiger partial charge in [0.1, 0.15) is 11.5 Å². The molecule has 25 heavy (non-hydrogen) atoms. The lowest BCUT2D eigenvalue weighted by Gasteiger charge is -2.17. The van der Waals surface area contributed by atoms with Crippen molar-refractivity contribution < 1.29 is 13.9 Å². The Kier molecular flexibility index (Phi) is 5.19. The summed E-state index contributed by atoms with van der Waals surface area (Å²) in [5.74, 6) is 1.89. The molecule has 0 spiro atoms. The standard InChI is InChI=1S/C19H20N2O3S/c1-12(14-7-4-5-8-16(14)23-3)20-18(22)11-15-13(2)24-19(21-15)17-9-6-10-25-17/h4-10,12H,11H2,1-3H3,(H,20,22). The van der Waals surface area contributed by atoms with Crippen molar-refractivity contribution in [3.05, 3.63) is 58.8 Å². The van der Waals surface area contributed by atoms with E-state index in [1.54, 1.807) is 18.4 Å². The van der Waals surface area contributed by atoms with Crippen LogP contribution < -0.4 is 10.1 Å². The van der Waals surface area contributed by atoms with Crippen LogP contribution in [0, 0.1) is 6.92 Å². The monoisotopic (exact) mass is 356 g/mol. The SMILES string of the molecule is COc1ccccc1C(C)NC(=O)Cc1nc(-c2cccs2)oc1C. The second kappa shape index (κ2) is 7.53. The van der Waals surface area contributed by atoms with Gasteiger partial charge in [-0.05, 0) is 31.4 Å². The van der Waals surface area contributed by atoms with Gasteiger partial charge in [-0.1, -0.05) is 24.3 Å². The molecule has 1 amide bonds. The lowest BCUT2D eigenvalue weighted by molar-refractivity contribution is -0.121. The molecular weight excluding hydrogens is 336 g/mol. The largest absolute Gasteiger partial charge is 0.496 e. The molecule has 0 radical (unpaired) electrons. The number of carbonyl (C=O) groups is 1. The number of nitrogens with zero attached hydrogens (tertiary/aromatic N) is 1. The number of oxazole rings is 1. The van der Waals surface area contributed by atoms with Gasteiger partial charge in [0.2, 0.25) is 11.8 Å². The molecule has 3 rings (SSSR count). The predicted molar refractivity (Wildman–Crippen MR) is 97.8 cm³/mol. The van der Waals surface area contributed by atoms with Gasteiger partial charge in [-0.3, -0.25) is 4.79 Å². The van der Waals surface area contributed by atoms with Crippen LogP contribution in [0.15, 0.2) is 46.2 Å². The summed E-state index contributed by atoms with van der Waals surface area (Å²) in [5.41, 5.74) is 1.60.